The highest BCUT2D eigenvalue weighted by molar-refractivity contribution is 14.0. The number of carbonyl (C=O) groups excluding carboxylic acids is 1. The first-order chi connectivity index (χ1) is 14.7. The molecule has 3 rings (SSSR count). The smallest absolute Gasteiger partial charge is 0.241 e. The first-order valence-electron chi connectivity index (χ1n) is 10.7. The molecule has 0 radical (unpaired) electrons. The lowest BCUT2D eigenvalue weighted by Crippen LogP contribution is -2.44. The lowest BCUT2D eigenvalue weighted by atomic mass is 10.1. The molecule has 1 aliphatic heterocycles. The number of halogens is 1. The van der Waals surface area contributed by atoms with Gasteiger partial charge in [-0.15, -0.1) is 24.0 Å². The Bertz CT molecular complexity index is 806. The predicted octanol–water partition coefficient (Wildman–Crippen LogP) is 3.70. The summed E-state index contributed by atoms with van der Waals surface area (Å²) in [6.07, 6.45) is 2.21. The number of aliphatic imine (C=N–C) groups is 1. The molecule has 0 unspecified atom stereocenters. The highest BCUT2D eigenvalue weighted by atomic mass is 127. The van der Waals surface area contributed by atoms with Crippen molar-refractivity contribution >= 4 is 35.8 Å². The maximum Gasteiger partial charge on any atom is 0.241 e. The highest BCUT2D eigenvalue weighted by Gasteiger charge is 2.17. The van der Waals surface area contributed by atoms with Gasteiger partial charge in [0.05, 0.1) is 26.3 Å². The summed E-state index contributed by atoms with van der Waals surface area (Å²) in [6.45, 7) is 6.54. The van der Waals surface area contributed by atoms with Crippen molar-refractivity contribution in [2.24, 2.45) is 4.99 Å². The number of guanidine groups is 1. The summed E-state index contributed by atoms with van der Waals surface area (Å²) in [4.78, 5) is 18.7. The molecular formula is C24H33IN4O2. The van der Waals surface area contributed by atoms with E-state index in [1.54, 1.807) is 0 Å². The lowest BCUT2D eigenvalue weighted by molar-refractivity contribution is -0.128. The van der Waals surface area contributed by atoms with Gasteiger partial charge in [-0.1, -0.05) is 54.6 Å². The fourth-order valence-electron chi connectivity index (χ4n) is 3.35. The van der Waals surface area contributed by atoms with Gasteiger partial charge in [-0.05, 0) is 36.5 Å². The maximum absolute atomic E-state index is 12.2. The van der Waals surface area contributed by atoms with Crippen molar-refractivity contribution in [1.29, 1.82) is 0 Å². The standard InChI is InChI=1S/C24H32N4O2.HI/c1-2-25-24(27-17-23(29)28-14-6-7-15-28)26-16-20-10-12-22(13-11-20)19-30-18-21-8-4-3-5-9-21;/h3-5,8-13H,2,6-7,14-19H2,1H3,(H2,25,26,27);1H. The van der Waals surface area contributed by atoms with E-state index in [1.165, 1.54) is 5.56 Å². The van der Waals surface area contributed by atoms with Crippen LogP contribution in [0.1, 0.15) is 36.5 Å². The summed E-state index contributed by atoms with van der Waals surface area (Å²) >= 11 is 0. The molecule has 1 heterocycles. The largest absolute Gasteiger partial charge is 0.372 e. The first-order valence-corrected chi connectivity index (χ1v) is 10.7. The van der Waals surface area contributed by atoms with E-state index in [0.717, 1.165) is 43.6 Å². The van der Waals surface area contributed by atoms with Crippen molar-refractivity contribution < 1.29 is 9.53 Å². The molecule has 31 heavy (non-hydrogen) atoms. The predicted molar refractivity (Wildman–Crippen MR) is 135 cm³/mol. The maximum atomic E-state index is 12.2. The van der Waals surface area contributed by atoms with Gasteiger partial charge >= 0.3 is 0 Å². The van der Waals surface area contributed by atoms with Crippen LogP contribution in [0.2, 0.25) is 0 Å². The third-order valence-electron chi connectivity index (χ3n) is 5.03. The van der Waals surface area contributed by atoms with Crippen molar-refractivity contribution in [3.05, 3.63) is 71.3 Å². The Labute approximate surface area is 202 Å². The zero-order valence-electron chi connectivity index (χ0n) is 18.2. The molecule has 2 aromatic rings. The Hall–Kier alpha value is -2.13. The van der Waals surface area contributed by atoms with Crippen LogP contribution in [0.25, 0.3) is 0 Å². The number of nitrogens with one attached hydrogen (secondary N) is 2. The van der Waals surface area contributed by atoms with Gasteiger partial charge in [0.25, 0.3) is 0 Å². The summed E-state index contributed by atoms with van der Waals surface area (Å²) in [5.74, 6) is 0.804. The third-order valence-corrected chi connectivity index (χ3v) is 5.03. The van der Waals surface area contributed by atoms with Crippen LogP contribution < -0.4 is 10.6 Å². The van der Waals surface area contributed by atoms with E-state index in [2.05, 4.69) is 52.0 Å². The topological polar surface area (TPSA) is 66.0 Å². The monoisotopic (exact) mass is 536 g/mol. The molecule has 1 saturated heterocycles. The molecule has 6 nitrogen and oxygen atoms in total. The molecule has 7 heteroatoms. The minimum absolute atomic E-state index is 0. The fourth-order valence-corrected chi connectivity index (χ4v) is 3.35. The van der Waals surface area contributed by atoms with Crippen LogP contribution in [0.3, 0.4) is 0 Å². The molecule has 0 bridgehead atoms. The van der Waals surface area contributed by atoms with Gasteiger partial charge in [-0.2, -0.15) is 0 Å². The zero-order valence-corrected chi connectivity index (χ0v) is 20.5. The summed E-state index contributed by atoms with van der Waals surface area (Å²) in [5.41, 5.74) is 3.43. The Balaban J connectivity index is 0.00000341. The number of hydrogen-bond acceptors (Lipinski definition) is 3. The Morgan fingerprint density at radius 2 is 1.55 bits per heavy atom. The minimum atomic E-state index is 0. The molecule has 1 amide bonds. The van der Waals surface area contributed by atoms with E-state index in [9.17, 15) is 4.79 Å². The van der Waals surface area contributed by atoms with E-state index < -0.39 is 0 Å². The Kier molecular flexibility index (Phi) is 11.4. The lowest BCUT2D eigenvalue weighted by Gasteiger charge is -2.17. The van der Waals surface area contributed by atoms with E-state index >= 15 is 0 Å². The number of ether oxygens (including phenoxy) is 1. The van der Waals surface area contributed by atoms with Gasteiger partial charge in [0.2, 0.25) is 5.91 Å². The molecule has 1 fully saturated rings. The average molecular weight is 536 g/mol. The number of nitrogens with zero attached hydrogens (tertiary/aromatic N) is 2. The Morgan fingerprint density at radius 3 is 2.19 bits per heavy atom. The van der Waals surface area contributed by atoms with Crippen molar-refractivity contribution in [2.75, 3.05) is 26.2 Å². The molecule has 168 valence electrons. The molecule has 2 aromatic carbocycles. The van der Waals surface area contributed by atoms with E-state index in [-0.39, 0.29) is 36.4 Å². The van der Waals surface area contributed by atoms with Crippen LogP contribution in [-0.4, -0.2) is 42.9 Å². The number of carbonyl (C=O) groups is 1. The van der Waals surface area contributed by atoms with Gasteiger partial charge in [0.1, 0.15) is 0 Å². The molecule has 2 N–H and O–H groups in total. The molecule has 1 aliphatic rings. The van der Waals surface area contributed by atoms with Gasteiger partial charge < -0.3 is 20.3 Å². The number of benzene rings is 2. The van der Waals surface area contributed by atoms with Gasteiger partial charge in [-0.25, -0.2) is 4.99 Å². The molecule has 0 aromatic heterocycles. The van der Waals surface area contributed by atoms with Gasteiger partial charge in [-0.3, -0.25) is 4.79 Å². The average Bonchev–Trinajstić information content (AvgIpc) is 3.32. The third kappa shape index (κ3) is 8.86. The van der Waals surface area contributed by atoms with Gasteiger partial charge in [0.15, 0.2) is 5.96 Å². The molecule has 0 aliphatic carbocycles. The molecule has 0 spiro atoms. The Morgan fingerprint density at radius 1 is 0.935 bits per heavy atom. The molecular weight excluding hydrogens is 503 g/mol. The summed E-state index contributed by atoms with van der Waals surface area (Å²) in [7, 11) is 0. The normalized spacial score (nSPS) is 13.6. The summed E-state index contributed by atoms with van der Waals surface area (Å²) in [6, 6.07) is 18.5. The van der Waals surface area contributed by atoms with Crippen LogP contribution in [0, 0.1) is 0 Å². The number of hydrogen-bond donors (Lipinski definition) is 2. The fraction of sp³-hybridized carbons (Fsp3) is 0.417. The van der Waals surface area contributed by atoms with Crippen molar-refractivity contribution in [1.82, 2.24) is 15.5 Å². The van der Waals surface area contributed by atoms with E-state index in [1.807, 2.05) is 30.0 Å². The second-order valence-corrected chi connectivity index (χ2v) is 7.43. The van der Waals surface area contributed by atoms with Gasteiger partial charge in [0, 0.05) is 19.6 Å². The molecule has 0 atom stereocenters. The van der Waals surface area contributed by atoms with Crippen LogP contribution in [0.5, 0.6) is 0 Å². The van der Waals surface area contributed by atoms with Crippen LogP contribution >= 0.6 is 24.0 Å². The SMILES string of the molecule is CCNC(=NCc1ccc(COCc2ccccc2)cc1)NCC(=O)N1CCCC1.I. The quantitative estimate of drug-likeness (QED) is 0.292. The number of amides is 1. The van der Waals surface area contributed by atoms with Crippen LogP contribution in [0.4, 0.5) is 0 Å². The number of likely N-dealkylation sites (tertiary alicyclic amines) is 1. The van der Waals surface area contributed by atoms with Crippen molar-refractivity contribution in [3.8, 4) is 0 Å². The highest BCUT2D eigenvalue weighted by Crippen LogP contribution is 2.09. The zero-order chi connectivity index (χ0) is 21.0. The molecule has 0 saturated carbocycles. The second-order valence-electron chi connectivity index (χ2n) is 7.43. The first kappa shape index (κ1) is 25.1. The minimum Gasteiger partial charge on any atom is -0.372 e. The van der Waals surface area contributed by atoms with E-state index in [4.69, 9.17) is 4.74 Å². The number of rotatable bonds is 9. The van der Waals surface area contributed by atoms with E-state index in [0.29, 0.717) is 25.7 Å². The van der Waals surface area contributed by atoms with Crippen molar-refractivity contribution in [2.45, 2.75) is 39.5 Å². The van der Waals surface area contributed by atoms with Crippen LogP contribution in [0.15, 0.2) is 59.6 Å². The van der Waals surface area contributed by atoms with Crippen molar-refractivity contribution in [3.63, 3.8) is 0 Å². The summed E-state index contributed by atoms with van der Waals surface area (Å²) < 4.78 is 5.79. The second kappa shape index (κ2) is 14.0. The summed E-state index contributed by atoms with van der Waals surface area (Å²) in [5, 5.41) is 6.35. The van der Waals surface area contributed by atoms with Crippen LogP contribution in [-0.2, 0) is 29.3 Å².